The van der Waals surface area contributed by atoms with Crippen LogP contribution in [0.3, 0.4) is 0 Å². The van der Waals surface area contributed by atoms with E-state index in [9.17, 15) is 9.59 Å². The van der Waals surface area contributed by atoms with Crippen LogP contribution < -0.4 is 5.32 Å². The molecule has 5 heteroatoms. The molecule has 1 heterocycles. The molecule has 0 aliphatic carbocycles. The predicted molar refractivity (Wildman–Crippen MR) is 133 cm³/mol. The van der Waals surface area contributed by atoms with Crippen LogP contribution in [-0.2, 0) is 22.6 Å². The van der Waals surface area contributed by atoms with Gasteiger partial charge in [-0.1, -0.05) is 80.6 Å². The molecule has 1 N–H and O–H groups in total. The number of halogens is 1. The Bertz CT molecular complexity index is 1070. The van der Waals surface area contributed by atoms with Crippen molar-refractivity contribution in [3.05, 3.63) is 89.5 Å². The van der Waals surface area contributed by atoms with E-state index < -0.39 is 0 Å². The van der Waals surface area contributed by atoms with Gasteiger partial charge in [0.05, 0.1) is 0 Å². The van der Waals surface area contributed by atoms with Gasteiger partial charge >= 0.3 is 0 Å². The van der Waals surface area contributed by atoms with Crippen LogP contribution >= 0.6 is 11.6 Å². The van der Waals surface area contributed by atoms with Crippen LogP contribution in [0.5, 0.6) is 0 Å². The minimum absolute atomic E-state index is 0.0449. The van der Waals surface area contributed by atoms with Crippen molar-refractivity contribution in [3.63, 3.8) is 0 Å². The van der Waals surface area contributed by atoms with E-state index in [1.165, 1.54) is 5.56 Å². The van der Waals surface area contributed by atoms with E-state index in [1.54, 1.807) is 6.08 Å². The van der Waals surface area contributed by atoms with Crippen LogP contribution in [0.1, 0.15) is 31.4 Å². The third kappa shape index (κ3) is 5.77. The molecule has 0 atom stereocenters. The Balaban J connectivity index is 1.92. The number of fused-ring (bicyclic) bond motifs is 1. The molecule has 0 bridgehead atoms. The van der Waals surface area contributed by atoms with Crippen molar-refractivity contribution < 1.29 is 9.59 Å². The van der Waals surface area contributed by atoms with Crippen LogP contribution in [-0.4, -0.2) is 23.3 Å². The standard InChI is InChI=1S/C27H29ClN2O2/c1-4-5-6-7-8-13-26(31)30-15-14-22-20(18-30)16-21(29-27(32)19(2)3)17-24(22)23-11-9-10-12-25(23)28/h4-12,16-17,19H,1,13-15,18H2,2-3H3,(H,29,32). The lowest BCUT2D eigenvalue weighted by atomic mass is 9.89. The number of hydrogen-bond acceptors (Lipinski definition) is 2. The van der Waals surface area contributed by atoms with Crippen LogP contribution in [0.4, 0.5) is 5.69 Å². The topological polar surface area (TPSA) is 49.4 Å². The van der Waals surface area contributed by atoms with Crippen molar-refractivity contribution in [3.8, 4) is 11.1 Å². The maximum absolute atomic E-state index is 12.7. The summed E-state index contributed by atoms with van der Waals surface area (Å²) in [4.78, 5) is 27.0. The number of anilines is 1. The molecule has 1 aliphatic rings. The summed E-state index contributed by atoms with van der Waals surface area (Å²) in [7, 11) is 0. The molecule has 1 aliphatic heterocycles. The summed E-state index contributed by atoms with van der Waals surface area (Å²) >= 11 is 6.51. The smallest absolute Gasteiger partial charge is 0.226 e. The van der Waals surface area contributed by atoms with Gasteiger partial charge in [-0.15, -0.1) is 0 Å². The number of carbonyl (C=O) groups excluding carboxylic acids is 2. The number of allylic oxidation sites excluding steroid dienone is 4. The Morgan fingerprint density at radius 2 is 1.94 bits per heavy atom. The molecule has 2 aromatic carbocycles. The van der Waals surface area contributed by atoms with Gasteiger partial charge in [-0.2, -0.15) is 0 Å². The van der Waals surface area contributed by atoms with Gasteiger partial charge in [-0.3, -0.25) is 9.59 Å². The lowest BCUT2D eigenvalue weighted by molar-refractivity contribution is -0.131. The second-order valence-corrected chi connectivity index (χ2v) is 8.51. The van der Waals surface area contributed by atoms with Gasteiger partial charge in [-0.05, 0) is 41.3 Å². The van der Waals surface area contributed by atoms with Crippen LogP contribution in [0.15, 0.2) is 73.4 Å². The number of amides is 2. The summed E-state index contributed by atoms with van der Waals surface area (Å²) < 4.78 is 0. The highest BCUT2D eigenvalue weighted by Gasteiger charge is 2.24. The van der Waals surface area contributed by atoms with E-state index >= 15 is 0 Å². The van der Waals surface area contributed by atoms with Crippen LogP contribution in [0, 0.1) is 5.92 Å². The number of nitrogens with one attached hydrogen (secondary N) is 1. The Morgan fingerprint density at radius 1 is 1.16 bits per heavy atom. The summed E-state index contributed by atoms with van der Waals surface area (Å²) in [5, 5.41) is 3.67. The Morgan fingerprint density at radius 3 is 2.66 bits per heavy atom. The first-order valence-electron chi connectivity index (χ1n) is 10.8. The quantitative estimate of drug-likeness (QED) is 0.514. The maximum atomic E-state index is 12.7. The van der Waals surface area contributed by atoms with Gasteiger partial charge in [0.25, 0.3) is 0 Å². The zero-order chi connectivity index (χ0) is 23.1. The van der Waals surface area contributed by atoms with E-state index in [4.69, 9.17) is 11.6 Å². The van der Waals surface area contributed by atoms with Gasteiger partial charge in [0, 0.05) is 41.7 Å². The van der Waals surface area contributed by atoms with Crippen molar-refractivity contribution in [1.82, 2.24) is 4.90 Å². The predicted octanol–water partition coefficient (Wildman–Crippen LogP) is 6.17. The lowest BCUT2D eigenvalue weighted by Crippen LogP contribution is -2.36. The second-order valence-electron chi connectivity index (χ2n) is 8.10. The van der Waals surface area contributed by atoms with Crippen LogP contribution in [0.2, 0.25) is 5.02 Å². The third-order valence-electron chi connectivity index (χ3n) is 5.43. The molecule has 2 aromatic rings. The number of carbonyl (C=O) groups is 2. The number of nitrogens with zero attached hydrogens (tertiary/aromatic N) is 1. The van der Waals surface area contributed by atoms with Gasteiger partial charge in [0.2, 0.25) is 11.8 Å². The summed E-state index contributed by atoms with van der Waals surface area (Å²) in [6, 6.07) is 11.7. The van der Waals surface area contributed by atoms with Crippen LogP contribution in [0.25, 0.3) is 11.1 Å². The van der Waals surface area contributed by atoms with Gasteiger partial charge in [-0.25, -0.2) is 0 Å². The van der Waals surface area contributed by atoms with Crippen molar-refractivity contribution in [2.24, 2.45) is 5.92 Å². The number of rotatable bonds is 7. The highest BCUT2D eigenvalue weighted by atomic mass is 35.5. The molecule has 0 spiro atoms. The molecular formula is C27H29ClN2O2. The third-order valence-corrected chi connectivity index (χ3v) is 5.76. The summed E-state index contributed by atoms with van der Waals surface area (Å²) in [5.41, 5.74) is 4.88. The molecule has 2 amide bonds. The molecule has 166 valence electrons. The van der Waals surface area contributed by atoms with Crippen molar-refractivity contribution >= 4 is 29.1 Å². The van der Waals surface area contributed by atoms with Crippen molar-refractivity contribution in [2.75, 3.05) is 11.9 Å². The average Bonchev–Trinajstić information content (AvgIpc) is 2.78. The zero-order valence-corrected chi connectivity index (χ0v) is 19.4. The minimum atomic E-state index is -0.130. The molecular weight excluding hydrogens is 420 g/mol. The van der Waals surface area contributed by atoms with Gasteiger partial charge in [0.1, 0.15) is 0 Å². The monoisotopic (exact) mass is 448 g/mol. The largest absolute Gasteiger partial charge is 0.338 e. The molecule has 0 aromatic heterocycles. The first-order valence-corrected chi connectivity index (χ1v) is 11.2. The summed E-state index contributed by atoms with van der Waals surface area (Å²) in [5.74, 6) is -0.0962. The Labute approximate surface area is 195 Å². The summed E-state index contributed by atoms with van der Waals surface area (Å²) in [6.07, 6.45) is 10.2. The fraction of sp³-hybridized carbons (Fsp3) is 0.259. The second kappa shape index (κ2) is 11.0. The summed E-state index contributed by atoms with van der Waals surface area (Å²) in [6.45, 7) is 8.51. The first-order chi connectivity index (χ1) is 15.4. The Kier molecular flexibility index (Phi) is 8.07. The molecule has 0 radical (unpaired) electrons. The molecule has 3 rings (SSSR count). The molecule has 0 saturated heterocycles. The van der Waals surface area contributed by atoms with E-state index in [2.05, 4.69) is 11.9 Å². The van der Waals surface area contributed by atoms with Crippen molar-refractivity contribution in [1.29, 1.82) is 0 Å². The fourth-order valence-electron chi connectivity index (χ4n) is 3.71. The van der Waals surface area contributed by atoms with E-state index in [-0.39, 0.29) is 17.7 Å². The molecule has 0 unspecified atom stereocenters. The first kappa shape index (κ1) is 23.6. The molecule has 0 fully saturated rings. The van der Waals surface area contributed by atoms with E-state index in [1.807, 2.05) is 79.4 Å². The maximum Gasteiger partial charge on any atom is 0.226 e. The SMILES string of the molecule is C=CC=CC=CCC(=O)N1CCc2c(cc(NC(=O)C(C)C)cc2-c2ccccc2Cl)C1. The number of hydrogen-bond donors (Lipinski definition) is 1. The molecule has 32 heavy (non-hydrogen) atoms. The highest BCUT2D eigenvalue weighted by molar-refractivity contribution is 6.33. The lowest BCUT2D eigenvalue weighted by Gasteiger charge is -2.31. The number of benzene rings is 2. The van der Waals surface area contributed by atoms with Gasteiger partial charge in [0.15, 0.2) is 0 Å². The normalized spacial score (nSPS) is 13.6. The average molecular weight is 449 g/mol. The zero-order valence-electron chi connectivity index (χ0n) is 18.6. The molecule has 0 saturated carbocycles. The van der Waals surface area contributed by atoms with Crippen molar-refractivity contribution in [2.45, 2.75) is 33.2 Å². The highest BCUT2D eigenvalue weighted by Crippen LogP contribution is 2.37. The molecule has 4 nitrogen and oxygen atoms in total. The minimum Gasteiger partial charge on any atom is -0.338 e. The van der Waals surface area contributed by atoms with Gasteiger partial charge < -0.3 is 10.2 Å². The van der Waals surface area contributed by atoms with E-state index in [0.29, 0.717) is 24.5 Å². The fourth-order valence-corrected chi connectivity index (χ4v) is 3.95. The van der Waals surface area contributed by atoms with E-state index in [0.717, 1.165) is 28.8 Å². The Hall–Kier alpha value is -3.11.